The number of hydrogen-bond donors (Lipinski definition) is 1. The highest BCUT2D eigenvalue weighted by Crippen LogP contribution is 2.28. The first-order valence-electron chi connectivity index (χ1n) is 5.67. The number of rotatable bonds is 5. The molecule has 0 spiro atoms. The van der Waals surface area contributed by atoms with Gasteiger partial charge in [0.15, 0.2) is 5.76 Å². The third-order valence-electron chi connectivity index (χ3n) is 2.58. The fourth-order valence-corrected chi connectivity index (χ4v) is 3.81. The zero-order valence-corrected chi connectivity index (χ0v) is 11.8. The lowest BCUT2D eigenvalue weighted by Gasteiger charge is -2.01. The highest BCUT2D eigenvalue weighted by molar-refractivity contribution is 7.91. The molecule has 0 aliphatic rings. The van der Waals surface area contributed by atoms with Gasteiger partial charge in [-0.2, -0.15) is 0 Å². The number of sulfonamides is 1. The van der Waals surface area contributed by atoms with Crippen molar-refractivity contribution in [3.63, 3.8) is 0 Å². The number of nitrogens with zero attached hydrogens (tertiary/aromatic N) is 1. The molecule has 0 unspecified atom stereocenters. The molecular formula is C12H10N2O4S2. The second kappa shape index (κ2) is 5.23. The highest BCUT2D eigenvalue weighted by Gasteiger charge is 2.18. The summed E-state index contributed by atoms with van der Waals surface area (Å²) in [4.78, 5) is 0. The van der Waals surface area contributed by atoms with Gasteiger partial charge in [-0.05, 0) is 18.2 Å². The summed E-state index contributed by atoms with van der Waals surface area (Å²) in [6, 6.07) is 6.64. The van der Waals surface area contributed by atoms with Crippen molar-refractivity contribution in [1.29, 1.82) is 0 Å². The summed E-state index contributed by atoms with van der Waals surface area (Å²) >= 11 is 1.12. The standard InChI is InChI=1S/C12H10N2O4S2/c15-20(16,14-7-10-2-1-5-17-10)12-6-9(8-19-12)11-3-4-13-18-11/h1-6,8,14H,7H2. The topological polar surface area (TPSA) is 85.3 Å². The summed E-state index contributed by atoms with van der Waals surface area (Å²) < 4.78 is 37.0. The predicted octanol–water partition coefficient (Wildman–Crippen LogP) is 2.47. The van der Waals surface area contributed by atoms with Crippen LogP contribution in [0.15, 0.2) is 55.3 Å². The van der Waals surface area contributed by atoms with Crippen LogP contribution in [-0.4, -0.2) is 13.6 Å². The maximum atomic E-state index is 12.1. The molecule has 0 radical (unpaired) electrons. The molecule has 8 heteroatoms. The van der Waals surface area contributed by atoms with Crippen molar-refractivity contribution >= 4 is 21.4 Å². The van der Waals surface area contributed by atoms with Crippen molar-refractivity contribution < 1.29 is 17.4 Å². The molecule has 3 aromatic heterocycles. The molecule has 6 nitrogen and oxygen atoms in total. The first-order valence-corrected chi connectivity index (χ1v) is 8.03. The van der Waals surface area contributed by atoms with Crippen LogP contribution in [0.5, 0.6) is 0 Å². The largest absolute Gasteiger partial charge is 0.468 e. The van der Waals surface area contributed by atoms with Crippen molar-refractivity contribution in [3.8, 4) is 11.3 Å². The summed E-state index contributed by atoms with van der Waals surface area (Å²) in [6.45, 7) is 0.116. The lowest BCUT2D eigenvalue weighted by atomic mass is 10.3. The summed E-state index contributed by atoms with van der Waals surface area (Å²) in [6.07, 6.45) is 3.01. The molecule has 104 valence electrons. The summed E-state index contributed by atoms with van der Waals surface area (Å²) in [5.41, 5.74) is 0.686. The SMILES string of the molecule is O=S(=O)(NCc1ccco1)c1cc(-c2ccno2)cs1. The molecule has 0 aliphatic heterocycles. The Labute approximate surface area is 119 Å². The summed E-state index contributed by atoms with van der Waals surface area (Å²) in [7, 11) is -3.56. The quantitative estimate of drug-likeness (QED) is 0.782. The first kappa shape index (κ1) is 13.1. The van der Waals surface area contributed by atoms with Gasteiger partial charge in [0.1, 0.15) is 9.97 Å². The van der Waals surface area contributed by atoms with Crippen molar-refractivity contribution in [2.24, 2.45) is 0 Å². The van der Waals surface area contributed by atoms with E-state index >= 15 is 0 Å². The summed E-state index contributed by atoms with van der Waals surface area (Å²) in [5.74, 6) is 1.09. The van der Waals surface area contributed by atoms with E-state index < -0.39 is 10.0 Å². The Bertz CT molecular complexity index is 773. The fraction of sp³-hybridized carbons (Fsp3) is 0.0833. The Morgan fingerprint density at radius 2 is 2.25 bits per heavy atom. The van der Waals surface area contributed by atoms with Gasteiger partial charge in [0.25, 0.3) is 0 Å². The van der Waals surface area contributed by atoms with Crippen molar-refractivity contribution in [1.82, 2.24) is 9.88 Å². The Hall–Kier alpha value is -1.90. The van der Waals surface area contributed by atoms with Crippen LogP contribution in [0.2, 0.25) is 0 Å². The van der Waals surface area contributed by atoms with Gasteiger partial charge in [-0.25, -0.2) is 13.1 Å². The summed E-state index contributed by atoms with van der Waals surface area (Å²) in [5, 5.41) is 5.30. The molecule has 0 aromatic carbocycles. The van der Waals surface area contributed by atoms with Crippen LogP contribution in [0, 0.1) is 0 Å². The number of furan rings is 1. The van der Waals surface area contributed by atoms with E-state index in [0.717, 1.165) is 11.3 Å². The second-order valence-corrected chi connectivity index (χ2v) is 6.84. The monoisotopic (exact) mass is 310 g/mol. The van der Waals surface area contributed by atoms with Crippen LogP contribution in [-0.2, 0) is 16.6 Å². The van der Waals surface area contributed by atoms with Gasteiger partial charge in [-0.3, -0.25) is 0 Å². The van der Waals surface area contributed by atoms with Crippen LogP contribution >= 0.6 is 11.3 Å². The third kappa shape index (κ3) is 2.67. The van der Waals surface area contributed by atoms with E-state index in [4.69, 9.17) is 8.94 Å². The van der Waals surface area contributed by atoms with Crippen molar-refractivity contribution in [3.05, 3.63) is 47.9 Å². The molecule has 0 fully saturated rings. The average molecular weight is 310 g/mol. The van der Waals surface area contributed by atoms with E-state index in [-0.39, 0.29) is 10.8 Å². The fourth-order valence-electron chi connectivity index (χ4n) is 1.60. The number of thiophene rings is 1. The van der Waals surface area contributed by atoms with E-state index in [0.29, 0.717) is 17.1 Å². The Kier molecular flexibility index (Phi) is 3.43. The van der Waals surface area contributed by atoms with Crippen LogP contribution in [0.25, 0.3) is 11.3 Å². The van der Waals surface area contributed by atoms with E-state index in [2.05, 4.69) is 9.88 Å². The minimum atomic E-state index is -3.56. The number of aromatic nitrogens is 1. The van der Waals surface area contributed by atoms with Crippen LogP contribution < -0.4 is 4.72 Å². The van der Waals surface area contributed by atoms with E-state index in [9.17, 15) is 8.42 Å². The molecule has 0 aliphatic carbocycles. The lowest BCUT2D eigenvalue weighted by Crippen LogP contribution is -2.22. The predicted molar refractivity (Wildman–Crippen MR) is 72.5 cm³/mol. The second-order valence-electron chi connectivity index (χ2n) is 3.94. The van der Waals surface area contributed by atoms with Gasteiger partial charge < -0.3 is 8.94 Å². The van der Waals surface area contributed by atoms with Gasteiger partial charge in [-0.15, -0.1) is 11.3 Å². The lowest BCUT2D eigenvalue weighted by molar-refractivity contribution is 0.432. The molecular weight excluding hydrogens is 300 g/mol. The van der Waals surface area contributed by atoms with Crippen LogP contribution in [0.3, 0.4) is 0 Å². The molecule has 3 aromatic rings. The zero-order valence-electron chi connectivity index (χ0n) is 10.1. The molecule has 0 amide bonds. The molecule has 0 saturated carbocycles. The van der Waals surface area contributed by atoms with Gasteiger partial charge in [-0.1, -0.05) is 5.16 Å². The van der Waals surface area contributed by atoms with Gasteiger partial charge in [0.05, 0.1) is 19.0 Å². The van der Waals surface area contributed by atoms with Gasteiger partial charge in [0, 0.05) is 17.0 Å². The smallest absolute Gasteiger partial charge is 0.250 e. The minimum absolute atomic E-state index is 0.116. The number of nitrogens with one attached hydrogen (secondary N) is 1. The van der Waals surface area contributed by atoms with Crippen molar-refractivity contribution in [2.75, 3.05) is 0 Å². The molecule has 20 heavy (non-hydrogen) atoms. The maximum absolute atomic E-state index is 12.1. The normalized spacial score (nSPS) is 11.8. The average Bonchev–Trinajstić information content (AvgIpc) is 3.16. The Morgan fingerprint density at radius 1 is 1.35 bits per heavy atom. The highest BCUT2D eigenvalue weighted by atomic mass is 32.2. The third-order valence-corrected chi connectivity index (χ3v) is 5.42. The molecule has 0 saturated heterocycles. The van der Waals surface area contributed by atoms with Gasteiger partial charge in [0.2, 0.25) is 10.0 Å². The maximum Gasteiger partial charge on any atom is 0.250 e. The van der Waals surface area contributed by atoms with E-state index in [1.54, 1.807) is 29.6 Å². The van der Waals surface area contributed by atoms with Crippen LogP contribution in [0.1, 0.15) is 5.76 Å². The molecule has 0 bridgehead atoms. The van der Waals surface area contributed by atoms with E-state index in [1.165, 1.54) is 12.5 Å². The molecule has 3 rings (SSSR count). The minimum Gasteiger partial charge on any atom is -0.468 e. The van der Waals surface area contributed by atoms with Crippen LogP contribution in [0.4, 0.5) is 0 Å². The van der Waals surface area contributed by atoms with Crippen molar-refractivity contribution in [2.45, 2.75) is 10.8 Å². The molecule has 1 N–H and O–H groups in total. The number of hydrogen-bond acceptors (Lipinski definition) is 6. The Balaban J connectivity index is 1.78. The Morgan fingerprint density at radius 3 is 2.95 bits per heavy atom. The zero-order chi connectivity index (χ0) is 14.0. The molecule has 0 atom stereocenters. The van der Waals surface area contributed by atoms with Gasteiger partial charge >= 0.3 is 0 Å². The molecule has 3 heterocycles. The van der Waals surface area contributed by atoms with E-state index in [1.807, 2.05) is 0 Å². The first-order chi connectivity index (χ1) is 9.65.